The maximum atomic E-state index is 13.4. The van der Waals surface area contributed by atoms with Crippen LogP contribution in [0.3, 0.4) is 0 Å². The molecule has 6 heteroatoms. The van der Waals surface area contributed by atoms with Crippen LogP contribution in [0.5, 0.6) is 11.5 Å². The fourth-order valence-corrected chi connectivity index (χ4v) is 4.46. The minimum Gasteiger partial charge on any atom is -0.507 e. The van der Waals surface area contributed by atoms with Gasteiger partial charge in [0.25, 0.3) is 11.7 Å². The predicted molar refractivity (Wildman–Crippen MR) is 131 cm³/mol. The molecule has 1 N–H and O–H groups in total. The van der Waals surface area contributed by atoms with Crippen LogP contribution in [0.1, 0.15) is 33.9 Å². The van der Waals surface area contributed by atoms with Gasteiger partial charge in [0.15, 0.2) is 0 Å². The number of ketones is 1. The summed E-state index contributed by atoms with van der Waals surface area (Å²) in [5.41, 5.74) is 4.47. The van der Waals surface area contributed by atoms with Crippen LogP contribution in [-0.2, 0) is 9.59 Å². The second-order valence-electron chi connectivity index (χ2n) is 8.47. The molecular formula is C28H27NO5. The predicted octanol–water partition coefficient (Wildman–Crippen LogP) is 5.26. The first kappa shape index (κ1) is 23.1. The van der Waals surface area contributed by atoms with Gasteiger partial charge in [0.05, 0.1) is 25.8 Å². The van der Waals surface area contributed by atoms with Crippen molar-refractivity contribution in [2.24, 2.45) is 0 Å². The molecule has 1 heterocycles. The molecule has 4 rings (SSSR count). The molecular weight excluding hydrogens is 430 g/mol. The Morgan fingerprint density at radius 1 is 0.824 bits per heavy atom. The Bertz CT molecular complexity index is 1290. The molecule has 0 spiro atoms. The first-order valence-corrected chi connectivity index (χ1v) is 10.9. The van der Waals surface area contributed by atoms with E-state index in [1.807, 2.05) is 39.0 Å². The quantitative estimate of drug-likeness (QED) is 0.322. The van der Waals surface area contributed by atoms with Crippen molar-refractivity contribution < 1.29 is 24.2 Å². The van der Waals surface area contributed by atoms with Crippen molar-refractivity contribution >= 4 is 23.1 Å². The highest BCUT2D eigenvalue weighted by molar-refractivity contribution is 6.51. The lowest BCUT2D eigenvalue weighted by Gasteiger charge is -2.26. The number of aliphatic hydroxyl groups excluding tert-OH is 1. The van der Waals surface area contributed by atoms with E-state index in [-0.39, 0.29) is 11.3 Å². The van der Waals surface area contributed by atoms with Gasteiger partial charge in [-0.1, -0.05) is 18.2 Å². The van der Waals surface area contributed by atoms with Crippen LogP contribution in [0.15, 0.2) is 66.2 Å². The Morgan fingerprint density at radius 3 is 1.97 bits per heavy atom. The topological polar surface area (TPSA) is 76.1 Å². The highest BCUT2D eigenvalue weighted by Gasteiger charge is 2.47. The van der Waals surface area contributed by atoms with Crippen molar-refractivity contribution in [1.29, 1.82) is 0 Å². The van der Waals surface area contributed by atoms with E-state index in [0.29, 0.717) is 28.3 Å². The molecule has 1 saturated heterocycles. The van der Waals surface area contributed by atoms with E-state index >= 15 is 0 Å². The molecule has 3 aromatic carbocycles. The number of aliphatic hydroxyl groups is 1. The molecule has 1 aliphatic heterocycles. The van der Waals surface area contributed by atoms with Gasteiger partial charge in [-0.2, -0.15) is 0 Å². The van der Waals surface area contributed by atoms with Crippen LogP contribution >= 0.6 is 0 Å². The van der Waals surface area contributed by atoms with Crippen LogP contribution in [-0.4, -0.2) is 31.0 Å². The molecule has 34 heavy (non-hydrogen) atoms. The van der Waals surface area contributed by atoms with Crippen molar-refractivity contribution in [3.05, 3.63) is 94.1 Å². The van der Waals surface area contributed by atoms with Gasteiger partial charge in [0, 0.05) is 11.3 Å². The Morgan fingerprint density at radius 2 is 1.41 bits per heavy atom. The zero-order valence-corrected chi connectivity index (χ0v) is 19.9. The van der Waals surface area contributed by atoms with Crippen molar-refractivity contribution in [2.45, 2.75) is 26.8 Å². The second-order valence-corrected chi connectivity index (χ2v) is 8.47. The number of anilines is 1. The van der Waals surface area contributed by atoms with E-state index < -0.39 is 17.7 Å². The molecule has 1 atom stereocenters. The summed E-state index contributed by atoms with van der Waals surface area (Å²) in [5, 5.41) is 11.4. The van der Waals surface area contributed by atoms with Crippen LogP contribution in [0, 0.1) is 20.8 Å². The van der Waals surface area contributed by atoms with E-state index in [4.69, 9.17) is 9.47 Å². The van der Waals surface area contributed by atoms with Crippen molar-refractivity contribution in [3.8, 4) is 11.5 Å². The highest BCUT2D eigenvalue weighted by atomic mass is 16.5. The van der Waals surface area contributed by atoms with Gasteiger partial charge in [-0.05, 0) is 85.5 Å². The molecule has 0 radical (unpaired) electrons. The Labute approximate surface area is 199 Å². The highest BCUT2D eigenvalue weighted by Crippen LogP contribution is 2.43. The number of carbonyl (C=O) groups is 2. The van der Waals surface area contributed by atoms with Crippen LogP contribution in [0.2, 0.25) is 0 Å². The molecule has 0 bridgehead atoms. The number of rotatable bonds is 5. The lowest BCUT2D eigenvalue weighted by atomic mass is 9.93. The lowest BCUT2D eigenvalue weighted by Crippen LogP contribution is -2.29. The number of ether oxygens (including phenoxy) is 2. The van der Waals surface area contributed by atoms with Gasteiger partial charge in [-0.3, -0.25) is 14.5 Å². The fraction of sp³-hybridized carbons (Fsp3) is 0.214. The summed E-state index contributed by atoms with van der Waals surface area (Å²) in [7, 11) is 3.14. The van der Waals surface area contributed by atoms with E-state index in [1.165, 1.54) is 4.90 Å². The van der Waals surface area contributed by atoms with Gasteiger partial charge in [-0.15, -0.1) is 0 Å². The minimum absolute atomic E-state index is 0.0441. The molecule has 0 aliphatic carbocycles. The monoisotopic (exact) mass is 457 g/mol. The first-order chi connectivity index (χ1) is 16.2. The normalized spacial score (nSPS) is 17.2. The van der Waals surface area contributed by atoms with Crippen LogP contribution in [0.4, 0.5) is 5.69 Å². The van der Waals surface area contributed by atoms with E-state index in [2.05, 4.69) is 0 Å². The fourth-order valence-electron chi connectivity index (χ4n) is 4.46. The number of hydrogen-bond acceptors (Lipinski definition) is 5. The summed E-state index contributed by atoms with van der Waals surface area (Å²) in [6, 6.07) is 17.3. The number of hydrogen-bond donors (Lipinski definition) is 1. The maximum Gasteiger partial charge on any atom is 0.300 e. The summed E-state index contributed by atoms with van der Waals surface area (Å²) in [4.78, 5) is 28.2. The van der Waals surface area contributed by atoms with Crippen LogP contribution < -0.4 is 14.4 Å². The number of amides is 1. The molecule has 0 saturated carbocycles. The van der Waals surface area contributed by atoms with Gasteiger partial charge in [0.1, 0.15) is 17.3 Å². The van der Waals surface area contributed by atoms with Gasteiger partial charge in [0.2, 0.25) is 0 Å². The molecule has 6 nitrogen and oxygen atoms in total. The van der Waals surface area contributed by atoms with Crippen LogP contribution in [0.25, 0.3) is 5.76 Å². The number of Topliss-reactive ketones (excluding diaryl/α,β-unsaturated/α-hetero) is 1. The minimum atomic E-state index is -0.798. The van der Waals surface area contributed by atoms with Crippen molar-refractivity contribution in [1.82, 2.24) is 0 Å². The molecule has 1 unspecified atom stereocenters. The molecule has 3 aromatic rings. The van der Waals surface area contributed by atoms with E-state index in [1.54, 1.807) is 56.7 Å². The largest absolute Gasteiger partial charge is 0.507 e. The molecule has 1 aliphatic rings. The zero-order chi connectivity index (χ0) is 24.6. The van der Waals surface area contributed by atoms with Crippen molar-refractivity contribution in [3.63, 3.8) is 0 Å². The molecule has 1 amide bonds. The summed E-state index contributed by atoms with van der Waals surface area (Å²) >= 11 is 0. The number of aryl methyl sites for hydroxylation is 3. The summed E-state index contributed by atoms with van der Waals surface area (Å²) in [6.07, 6.45) is 0. The number of carbonyl (C=O) groups excluding carboxylic acids is 2. The number of benzene rings is 3. The SMILES string of the molecule is COc1ccc(C2/C(=C(/O)c3ccc(OC)cc3C)C(=O)C(=O)N2c2cc(C)cc(C)c2)cc1. The first-order valence-electron chi connectivity index (χ1n) is 10.9. The summed E-state index contributed by atoms with van der Waals surface area (Å²) < 4.78 is 10.5. The Hall–Kier alpha value is -4.06. The summed E-state index contributed by atoms with van der Waals surface area (Å²) in [6.45, 7) is 5.70. The third-order valence-electron chi connectivity index (χ3n) is 6.05. The molecule has 1 fully saturated rings. The average molecular weight is 458 g/mol. The smallest absolute Gasteiger partial charge is 0.300 e. The average Bonchev–Trinajstić information content (AvgIpc) is 3.08. The van der Waals surface area contributed by atoms with Gasteiger partial charge in [-0.25, -0.2) is 0 Å². The maximum absolute atomic E-state index is 13.4. The third kappa shape index (κ3) is 4.03. The standard InChI is InChI=1S/C28H27NO5/c1-16-12-17(2)14-20(13-16)29-25(19-6-8-21(33-4)9-7-19)24(27(31)28(29)32)26(30)23-11-10-22(34-5)15-18(23)3/h6-15,25,30H,1-5H3/b26-24-. The molecule has 0 aromatic heterocycles. The van der Waals surface area contributed by atoms with Gasteiger partial charge < -0.3 is 14.6 Å². The summed E-state index contributed by atoms with van der Waals surface area (Å²) in [5.74, 6) is -0.341. The number of methoxy groups -OCH3 is 2. The van der Waals surface area contributed by atoms with E-state index in [0.717, 1.165) is 16.7 Å². The third-order valence-corrected chi connectivity index (χ3v) is 6.05. The lowest BCUT2D eigenvalue weighted by molar-refractivity contribution is -0.132. The number of nitrogens with zero attached hydrogens (tertiary/aromatic N) is 1. The Balaban J connectivity index is 1.96. The van der Waals surface area contributed by atoms with E-state index in [9.17, 15) is 14.7 Å². The Kier molecular flexibility index (Phi) is 6.16. The van der Waals surface area contributed by atoms with Crippen molar-refractivity contribution in [2.75, 3.05) is 19.1 Å². The second kappa shape index (κ2) is 9.06. The molecule has 174 valence electrons. The zero-order valence-electron chi connectivity index (χ0n) is 19.9. The van der Waals surface area contributed by atoms with Gasteiger partial charge >= 0.3 is 0 Å².